The normalized spacial score (nSPS) is 14.2. The minimum Gasteiger partial charge on any atom is -0.490 e. The van der Waals surface area contributed by atoms with E-state index in [0.717, 1.165) is 17.0 Å². The van der Waals surface area contributed by atoms with Crippen molar-refractivity contribution in [2.45, 2.75) is 6.92 Å². The highest BCUT2D eigenvalue weighted by Crippen LogP contribution is 2.32. The smallest absolute Gasteiger partial charge is 0.253 e. The Morgan fingerprint density at radius 1 is 1.56 bits per heavy atom. The summed E-state index contributed by atoms with van der Waals surface area (Å²) in [5.74, 6) is 0.735. The van der Waals surface area contributed by atoms with Gasteiger partial charge in [0.05, 0.1) is 12.2 Å². The quantitative estimate of drug-likeness (QED) is 0.757. The summed E-state index contributed by atoms with van der Waals surface area (Å²) in [6.07, 6.45) is 0. The third-order valence-corrected chi connectivity index (χ3v) is 2.55. The first-order valence-corrected chi connectivity index (χ1v) is 5.25. The Kier molecular flexibility index (Phi) is 3.10. The standard InChI is InChI=1S/C12H15NO3/c1-9-3-4-11-10(7-9)13(5-6-16-11)12(14)8-15-2/h3-4,7H,5-6,8H2,1-2H3. The summed E-state index contributed by atoms with van der Waals surface area (Å²) in [5.41, 5.74) is 1.95. The summed E-state index contributed by atoms with van der Waals surface area (Å²) in [6.45, 7) is 3.21. The molecule has 1 amide bonds. The molecule has 2 rings (SSSR count). The summed E-state index contributed by atoms with van der Waals surface area (Å²) in [7, 11) is 1.52. The van der Waals surface area contributed by atoms with E-state index < -0.39 is 0 Å². The second-order valence-electron chi connectivity index (χ2n) is 3.80. The van der Waals surface area contributed by atoms with Gasteiger partial charge in [-0.15, -0.1) is 0 Å². The van der Waals surface area contributed by atoms with Crippen LogP contribution in [0.25, 0.3) is 0 Å². The van der Waals surface area contributed by atoms with Gasteiger partial charge < -0.3 is 14.4 Å². The maximum Gasteiger partial charge on any atom is 0.253 e. The fourth-order valence-electron chi connectivity index (χ4n) is 1.79. The summed E-state index contributed by atoms with van der Waals surface area (Å²) in [5, 5.41) is 0. The molecular formula is C12H15NO3. The van der Waals surface area contributed by atoms with Crippen LogP contribution in [0.3, 0.4) is 0 Å². The summed E-state index contributed by atoms with van der Waals surface area (Å²) < 4.78 is 10.4. The molecule has 1 aromatic rings. The first-order chi connectivity index (χ1) is 7.72. The van der Waals surface area contributed by atoms with Gasteiger partial charge in [0.15, 0.2) is 0 Å². The molecule has 0 bridgehead atoms. The fourth-order valence-corrected chi connectivity index (χ4v) is 1.79. The maximum atomic E-state index is 11.8. The van der Waals surface area contributed by atoms with Crippen LogP contribution < -0.4 is 9.64 Å². The maximum absolute atomic E-state index is 11.8. The first kappa shape index (κ1) is 11.0. The lowest BCUT2D eigenvalue weighted by molar-refractivity contribution is -0.122. The van der Waals surface area contributed by atoms with Crippen molar-refractivity contribution in [3.8, 4) is 5.75 Å². The van der Waals surface area contributed by atoms with Crippen molar-refractivity contribution in [2.24, 2.45) is 0 Å². The van der Waals surface area contributed by atoms with Gasteiger partial charge in [0.2, 0.25) is 0 Å². The van der Waals surface area contributed by atoms with Crippen LogP contribution in [0.2, 0.25) is 0 Å². The molecule has 0 saturated carbocycles. The van der Waals surface area contributed by atoms with Crippen molar-refractivity contribution in [2.75, 3.05) is 31.8 Å². The van der Waals surface area contributed by atoms with E-state index in [0.29, 0.717) is 13.2 Å². The largest absolute Gasteiger partial charge is 0.490 e. The van der Waals surface area contributed by atoms with Crippen molar-refractivity contribution in [3.05, 3.63) is 23.8 Å². The topological polar surface area (TPSA) is 38.8 Å². The third-order valence-electron chi connectivity index (χ3n) is 2.55. The van der Waals surface area contributed by atoms with Gasteiger partial charge in [-0.25, -0.2) is 0 Å². The number of hydrogen-bond acceptors (Lipinski definition) is 3. The second kappa shape index (κ2) is 4.53. The molecule has 86 valence electrons. The molecule has 0 fully saturated rings. The minimum absolute atomic E-state index is 0.0300. The van der Waals surface area contributed by atoms with Crippen LogP contribution in [0.4, 0.5) is 5.69 Å². The molecule has 0 spiro atoms. The van der Waals surface area contributed by atoms with E-state index in [-0.39, 0.29) is 12.5 Å². The van der Waals surface area contributed by atoms with Gasteiger partial charge in [0, 0.05) is 7.11 Å². The third kappa shape index (κ3) is 2.02. The molecule has 16 heavy (non-hydrogen) atoms. The van der Waals surface area contributed by atoms with E-state index in [9.17, 15) is 4.79 Å². The van der Waals surface area contributed by atoms with E-state index in [4.69, 9.17) is 9.47 Å². The number of rotatable bonds is 2. The van der Waals surface area contributed by atoms with Gasteiger partial charge in [0.1, 0.15) is 19.0 Å². The Balaban J connectivity index is 2.31. The van der Waals surface area contributed by atoms with Crippen LogP contribution in [0.1, 0.15) is 5.56 Å². The zero-order valence-corrected chi connectivity index (χ0v) is 9.53. The Labute approximate surface area is 94.8 Å². The number of nitrogens with zero attached hydrogens (tertiary/aromatic N) is 1. The van der Waals surface area contributed by atoms with Gasteiger partial charge in [-0.1, -0.05) is 6.07 Å². The molecular weight excluding hydrogens is 206 g/mol. The number of ether oxygens (including phenoxy) is 2. The molecule has 0 aliphatic carbocycles. The van der Waals surface area contributed by atoms with Crippen molar-refractivity contribution in [1.82, 2.24) is 0 Å². The molecule has 0 unspecified atom stereocenters. The molecule has 0 aromatic heterocycles. The fraction of sp³-hybridized carbons (Fsp3) is 0.417. The predicted octanol–water partition coefficient (Wildman–Crippen LogP) is 1.37. The van der Waals surface area contributed by atoms with Gasteiger partial charge >= 0.3 is 0 Å². The monoisotopic (exact) mass is 221 g/mol. The lowest BCUT2D eigenvalue weighted by atomic mass is 10.1. The van der Waals surface area contributed by atoms with Crippen LogP contribution in [0.5, 0.6) is 5.75 Å². The van der Waals surface area contributed by atoms with Crippen LogP contribution in [-0.2, 0) is 9.53 Å². The number of fused-ring (bicyclic) bond motifs is 1. The minimum atomic E-state index is -0.0300. The van der Waals surface area contributed by atoms with E-state index >= 15 is 0 Å². The number of aryl methyl sites for hydroxylation is 1. The molecule has 1 aromatic carbocycles. The molecule has 1 heterocycles. The van der Waals surface area contributed by atoms with E-state index in [1.165, 1.54) is 7.11 Å². The van der Waals surface area contributed by atoms with E-state index in [1.54, 1.807) is 4.90 Å². The van der Waals surface area contributed by atoms with Crippen molar-refractivity contribution < 1.29 is 14.3 Å². The van der Waals surface area contributed by atoms with Crippen molar-refractivity contribution in [3.63, 3.8) is 0 Å². The average molecular weight is 221 g/mol. The predicted molar refractivity (Wildman–Crippen MR) is 60.9 cm³/mol. The van der Waals surface area contributed by atoms with Crippen molar-refractivity contribution >= 4 is 11.6 Å². The number of anilines is 1. The van der Waals surface area contributed by atoms with Crippen LogP contribution in [0, 0.1) is 6.92 Å². The number of benzene rings is 1. The number of amides is 1. The highest BCUT2D eigenvalue weighted by Gasteiger charge is 2.23. The molecule has 0 saturated heterocycles. The SMILES string of the molecule is COCC(=O)N1CCOc2ccc(C)cc21. The first-order valence-electron chi connectivity index (χ1n) is 5.25. The van der Waals surface area contributed by atoms with Gasteiger partial charge in [-0.05, 0) is 24.6 Å². The summed E-state index contributed by atoms with van der Waals surface area (Å²) in [6, 6.07) is 5.84. The van der Waals surface area contributed by atoms with Crippen LogP contribution >= 0.6 is 0 Å². The Morgan fingerprint density at radius 3 is 3.12 bits per heavy atom. The Bertz CT molecular complexity index is 403. The Hall–Kier alpha value is -1.55. The molecule has 0 N–H and O–H groups in total. The van der Waals surface area contributed by atoms with Gasteiger partial charge in [0.25, 0.3) is 5.91 Å². The zero-order valence-electron chi connectivity index (χ0n) is 9.53. The van der Waals surface area contributed by atoms with Gasteiger partial charge in [-0.2, -0.15) is 0 Å². The molecule has 1 aliphatic heterocycles. The number of methoxy groups -OCH3 is 1. The molecule has 4 nitrogen and oxygen atoms in total. The highest BCUT2D eigenvalue weighted by atomic mass is 16.5. The average Bonchev–Trinajstić information content (AvgIpc) is 2.28. The summed E-state index contributed by atoms with van der Waals surface area (Å²) in [4.78, 5) is 13.5. The Morgan fingerprint density at radius 2 is 2.38 bits per heavy atom. The lowest BCUT2D eigenvalue weighted by Gasteiger charge is -2.29. The van der Waals surface area contributed by atoms with E-state index in [2.05, 4.69) is 0 Å². The molecule has 1 aliphatic rings. The van der Waals surface area contributed by atoms with Gasteiger partial charge in [-0.3, -0.25) is 4.79 Å². The highest BCUT2D eigenvalue weighted by molar-refractivity contribution is 5.96. The molecule has 0 atom stereocenters. The molecule has 4 heteroatoms. The van der Waals surface area contributed by atoms with E-state index in [1.807, 2.05) is 25.1 Å². The zero-order chi connectivity index (χ0) is 11.5. The number of carbonyl (C=O) groups is 1. The number of carbonyl (C=O) groups excluding carboxylic acids is 1. The van der Waals surface area contributed by atoms with Crippen LogP contribution in [-0.4, -0.2) is 32.8 Å². The second-order valence-corrected chi connectivity index (χ2v) is 3.80. The summed E-state index contributed by atoms with van der Waals surface area (Å²) >= 11 is 0. The molecule has 0 radical (unpaired) electrons. The lowest BCUT2D eigenvalue weighted by Crippen LogP contribution is -2.39. The number of hydrogen-bond donors (Lipinski definition) is 0. The van der Waals surface area contributed by atoms with Crippen molar-refractivity contribution in [1.29, 1.82) is 0 Å². The van der Waals surface area contributed by atoms with Crippen LogP contribution in [0.15, 0.2) is 18.2 Å².